The lowest BCUT2D eigenvalue weighted by Crippen LogP contribution is -2.46. The van der Waals surface area contributed by atoms with Crippen molar-refractivity contribution < 1.29 is 78.3 Å². The van der Waals surface area contributed by atoms with Crippen molar-refractivity contribution in [3.8, 4) is 17.1 Å². The van der Waals surface area contributed by atoms with Gasteiger partial charge in [-0.3, -0.25) is 9.30 Å². The van der Waals surface area contributed by atoms with Crippen molar-refractivity contribution in [3.05, 3.63) is 72.6 Å². The molecule has 0 spiro atoms. The van der Waals surface area contributed by atoms with Crippen LogP contribution >= 0.6 is 0 Å². The standard InChI is InChI=1S/C23H23FN6O.3C2HF3O2/c1-31-23-18(5-3-7-26-23)16-28-10-12-29(13-11-28)21-22-27-15-20(30(22)9-8-25-21)17-4-2-6-19(24)14-17;3*3-2(4,5)1(6)7/h2-9,14-15H,10-13,16H2,1H3;3*(H,6,7). The molecular formula is C29H26F10N6O7. The summed E-state index contributed by atoms with van der Waals surface area (Å²) in [4.78, 5) is 44.8. The molecule has 4 heterocycles. The molecule has 1 saturated heterocycles. The van der Waals surface area contributed by atoms with E-state index in [1.807, 2.05) is 22.7 Å². The van der Waals surface area contributed by atoms with E-state index in [4.69, 9.17) is 34.4 Å². The number of piperazine rings is 1. The number of halogens is 10. The zero-order chi connectivity index (χ0) is 39.4. The smallest absolute Gasteiger partial charge is 0.481 e. The van der Waals surface area contributed by atoms with Crippen LogP contribution in [-0.2, 0) is 20.9 Å². The van der Waals surface area contributed by atoms with Crippen LogP contribution in [0.4, 0.5) is 49.7 Å². The van der Waals surface area contributed by atoms with Crippen LogP contribution in [0.15, 0.2) is 61.2 Å². The summed E-state index contributed by atoms with van der Waals surface area (Å²) in [5, 5.41) is 21.4. The molecule has 0 amide bonds. The predicted octanol–water partition coefficient (Wildman–Crippen LogP) is 5.16. The number of hydrogen-bond donors (Lipinski definition) is 3. The zero-order valence-electron chi connectivity index (χ0n) is 26.2. The van der Waals surface area contributed by atoms with Crippen molar-refractivity contribution in [1.29, 1.82) is 0 Å². The average Bonchev–Trinajstić information content (AvgIpc) is 3.50. The molecule has 284 valence electrons. The SMILES string of the molecule is COc1ncccc1CN1CCN(c2nccn3c(-c4cccc(F)c4)cnc23)CC1.O=C(O)C(F)(F)F.O=C(O)C(F)(F)F.O=C(O)C(F)(F)F. The van der Waals surface area contributed by atoms with Crippen LogP contribution in [0.1, 0.15) is 5.56 Å². The zero-order valence-corrected chi connectivity index (χ0v) is 26.2. The molecule has 1 aliphatic heterocycles. The molecule has 5 rings (SSSR count). The summed E-state index contributed by atoms with van der Waals surface area (Å²) < 4.78 is 116. The Balaban J connectivity index is 0.000000365. The Morgan fingerprint density at radius 2 is 1.31 bits per heavy atom. The van der Waals surface area contributed by atoms with E-state index in [2.05, 4.69) is 30.8 Å². The number of anilines is 1. The molecule has 0 unspecified atom stereocenters. The quantitative estimate of drug-likeness (QED) is 0.229. The van der Waals surface area contributed by atoms with Gasteiger partial charge in [-0.05, 0) is 18.2 Å². The van der Waals surface area contributed by atoms with Gasteiger partial charge in [0, 0.05) is 62.4 Å². The maximum absolute atomic E-state index is 13.7. The maximum atomic E-state index is 13.7. The third-order valence-electron chi connectivity index (χ3n) is 6.37. The summed E-state index contributed by atoms with van der Waals surface area (Å²) in [7, 11) is 1.65. The summed E-state index contributed by atoms with van der Waals surface area (Å²) >= 11 is 0. The fourth-order valence-electron chi connectivity index (χ4n) is 4.08. The van der Waals surface area contributed by atoms with Gasteiger partial charge < -0.3 is 25.0 Å². The number of hydrogen-bond acceptors (Lipinski definition) is 9. The van der Waals surface area contributed by atoms with Gasteiger partial charge in [0.05, 0.1) is 19.0 Å². The Morgan fingerprint density at radius 3 is 1.79 bits per heavy atom. The first-order chi connectivity index (χ1) is 24.1. The van der Waals surface area contributed by atoms with Gasteiger partial charge in [0.2, 0.25) is 5.88 Å². The number of alkyl halides is 9. The summed E-state index contributed by atoms with van der Waals surface area (Å²) in [6.45, 7) is 4.29. The van der Waals surface area contributed by atoms with Crippen LogP contribution in [0.25, 0.3) is 16.9 Å². The van der Waals surface area contributed by atoms with Crippen molar-refractivity contribution in [1.82, 2.24) is 24.3 Å². The van der Waals surface area contributed by atoms with Gasteiger partial charge in [0.15, 0.2) is 11.5 Å². The lowest BCUT2D eigenvalue weighted by atomic mass is 10.1. The number of carboxylic acids is 3. The average molecular weight is 761 g/mol. The van der Waals surface area contributed by atoms with E-state index in [1.54, 1.807) is 31.8 Å². The topological polar surface area (TPSA) is 171 Å². The Bertz CT molecular complexity index is 1750. The maximum Gasteiger partial charge on any atom is 0.490 e. The fraction of sp³-hybridized carbons (Fsp3) is 0.310. The highest BCUT2D eigenvalue weighted by atomic mass is 19.4. The van der Waals surface area contributed by atoms with Gasteiger partial charge >= 0.3 is 36.4 Å². The molecule has 1 fully saturated rings. The lowest BCUT2D eigenvalue weighted by Gasteiger charge is -2.35. The normalized spacial score (nSPS) is 13.4. The van der Waals surface area contributed by atoms with Crippen LogP contribution in [0, 0.1) is 5.82 Å². The number of fused-ring (bicyclic) bond motifs is 1. The molecule has 0 saturated carbocycles. The first kappa shape index (κ1) is 42.4. The van der Waals surface area contributed by atoms with E-state index in [0.29, 0.717) is 5.88 Å². The minimum Gasteiger partial charge on any atom is -0.481 e. The molecular weight excluding hydrogens is 734 g/mol. The number of rotatable bonds is 5. The first-order valence-electron chi connectivity index (χ1n) is 14.0. The Hall–Kier alpha value is -5.74. The Kier molecular flexibility index (Phi) is 14.7. The summed E-state index contributed by atoms with van der Waals surface area (Å²) in [6, 6.07) is 10.6. The van der Waals surface area contributed by atoms with Gasteiger partial charge in [0.25, 0.3) is 0 Å². The van der Waals surface area contributed by atoms with E-state index in [9.17, 15) is 43.9 Å². The number of aliphatic carboxylic acids is 3. The predicted molar refractivity (Wildman–Crippen MR) is 158 cm³/mol. The number of aromatic nitrogens is 4. The fourth-order valence-corrected chi connectivity index (χ4v) is 4.08. The van der Waals surface area contributed by atoms with Gasteiger partial charge in [-0.25, -0.2) is 33.7 Å². The van der Waals surface area contributed by atoms with Crippen molar-refractivity contribution in [2.45, 2.75) is 25.1 Å². The molecule has 0 bridgehead atoms. The second-order valence-electron chi connectivity index (χ2n) is 9.94. The van der Waals surface area contributed by atoms with Gasteiger partial charge in [-0.1, -0.05) is 18.2 Å². The molecule has 1 aliphatic rings. The minimum absolute atomic E-state index is 0.261. The molecule has 52 heavy (non-hydrogen) atoms. The third kappa shape index (κ3) is 12.9. The van der Waals surface area contributed by atoms with E-state index < -0.39 is 36.4 Å². The molecule has 0 radical (unpaired) electrons. The Labute approximate surface area is 285 Å². The van der Waals surface area contributed by atoms with Crippen molar-refractivity contribution in [3.63, 3.8) is 0 Å². The number of benzene rings is 1. The molecule has 23 heteroatoms. The number of nitrogens with zero attached hydrogens (tertiary/aromatic N) is 6. The van der Waals surface area contributed by atoms with E-state index in [-0.39, 0.29) is 5.82 Å². The second-order valence-corrected chi connectivity index (χ2v) is 9.94. The molecule has 4 aromatic rings. The minimum atomic E-state index is -5.08. The van der Waals surface area contributed by atoms with E-state index in [1.165, 1.54) is 12.1 Å². The van der Waals surface area contributed by atoms with Crippen LogP contribution < -0.4 is 9.64 Å². The summed E-state index contributed by atoms with van der Waals surface area (Å²) in [5.74, 6) is -7.00. The molecule has 13 nitrogen and oxygen atoms in total. The molecule has 0 aliphatic carbocycles. The lowest BCUT2D eigenvalue weighted by molar-refractivity contribution is -0.193. The van der Waals surface area contributed by atoms with E-state index >= 15 is 0 Å². The van der Waals surface area contributed by atoms with Crippen LogP contribution in [0.5, 0.6) is 5.88 Å². The number of pyridine rings is 1. The molecule has 1 aromatic carbocycles. The number of methoxy groups -OCH3 is 1. The van der Waals surface area contributed by atoms with Crippen molar-refractivity contribution in [2.75, 3.05) is 38.2 Å². The molecule has 0 atom stereocenters. The number of carbonyl (C=O) groups is 3. The highest BCUT2D eigenvalue weighted by Crippen LogP contribution is 2.27. The van der Waals surface area contributed by atoms with Crippen molar-refractivity contribution >= 4 is 29.4 Å². The van der Waals surface area contributed by atoms with Gasteiger partial charge in [-0.2, -0.15) is 39.5 Å². The summed E-state index contributed by atoms with van der Waals surface area (Å²) in [6.07, 6.45) is -8.08. The number of ether oxygens (including phenoxy) is 1. The number of imidazole rings is 1. The third-order valence-corrected chi connectivity index (χ3v) is 6.37. The van der Waals surface area contributed by atoms with E-state index in [0.717, 1.165) is 61.0 Å². The highest BCUT2D eigenvalue weighted by Gasteiger charge is 2.39. The monoisotopic (exact) mass is 760 g/mol. The number of carboxylic acid groups (broad SMARTS) is 3. The van der Waals surface area contributed by atoms with Crippen LogP contribution in [0.3, 0.4) is 0 Å². The molecule has 3 N–H and O–H groups in total. The summed E-state index contributed by atoms with van der Waals surface area (Å²) in [5.41, 5.74) is 3.51. The largest absolute Gasteiger partial charge is 0.490 e. The van der Waals surface area contributed by atoms with Gasteiger partial charge in [0.1, 0.15) is 5.82 Å². The highest BCUT2D eigenvalue weighted by molar-refractivity contribution is 5.74. The molecule has 3 aromatic heterocycles. The second kappa shape index (κ2) is 18.0. The first-order valence-corrected chi connectivity index (χ1v) is 14.0. The van der Waals surface area contributed by atoms with Crippen molar-refractivity contribution in [2.24, 2.45) is 0 Å². The van der Waals surface area contributed by atoms with Gasteiger partial charge in [-0.15, -0.1) is 0 Å². The van der Waals surface area contributed by atoms with Crippen LogP contribution in [-0.4, -0.2) is 109 Å². The van der Waals surface area contributed by atoms with Crippen LogP contribution in [0.2, 0.25) is 0 Å². The Morgan fingerprint density at radius 1 is 0.769 bits per heavy atom.